The van der Waals surface area contributed by atoms with E-state index in [9.17, 15) is 5.26 Å². The summed E-state index contributed by atoms with van der Waals surface area (Å²) >= 11 is 0. The Morgan fingerprint density at radius 3 is 1.19 bits per heavy atom. The number of nitriles is 1. The van der Waals surface area contributed by atoms with Gasteiger partial charge in [0.2, 0.25) is 0 Å². The second-order valence-corrected chi connectivity index (χ2v) is 10.9. The predicted molar refractivity (Wildman–Crippen MR) is 173 cm³/mol. The average Bonchev–Trinajstić information content (AvgIpc) is 3.53. The third-order valence-electron chi connectivity index (χ3n) is 8.27. The Labute approximate surface area is 243 Å². The molecule has 3 aromatic heterocycles. The van der Waals surface area contributed by atoms with E-state index in [-0.39, 0.29) is 0 Å². The molecular weight excluding hydrogens is 512 g/mol. The first kappa shape index (κ1) is 24.2. The van der Waals surface area contributed by atoms with Crippen LogP contribution in [-0.4, -0.2) is 14.1 Å². The minimum absolute atomic E-state index is 0.624. The molecule has 8 aromatic rings. The smallest absolute Gasteiger partial charge is 0.104 e. The monoisotopic (exact) mass is 538 g/mol. The zero-order valence-corrected chi connectivity index (χ0v) is 23.3. The molecule has 0 unspecified atom stereocenters. The molecule has 8 rings (SSSR count). The van der Waals surface area contributed by atoms with Crippen LogP contribution in [0.2, 0.25) is 0 Å². The largest absolute Gasteiger partial charge is 0.308 e. The summed E-state index contributed by atoms with van der Waals surface area (Å²) in [4.78, 5) is 4.64. The average molecular weight is 539 g/mol. The normalized spacial score (nSPS) is 11.5. The van der Waals surface area contributed by atoms with Crippen LogP contribution in [0.25, 0.3) is 66.1 Å². The van der Waals surface area contributed by atoms with Crippen molar-refractivity contribution in [1.29, 1.82) is 5.26 Å². The molecule has 0 aliphatic rings. The highest BCUT2D eigenvalue weighted by Gasteiger charge is 2.22. The molecule has 42 heavy (non-hydrogen) atoms. The summed E-state index contributed by atoms with van der Waals surface area (Å²) in [5, 5.41) is 15.6. The fourth-order valence-electron chi connectivity index (χ4n) is 6.61. The van der Waals surface area contributed by atoms with Gasteiger partial charge in [0.15, 0.2) is 0 Å². The fourth-order valence-corrected chi connectivity index (χ4v) is 6.61. The highest BCUT2D eigenvalue weighted by atomic mass is 15.0. The minimum atomic E-state index is 0.624. The summed E-state index contributed by atoms with van der Waals surface area (Å²) in [6.07, 6.45) is 0. The molecule has 0 atom stereocenters. The van der Waals surface area contributed by atoms with Crippen LogP contribution >= 0.6 is 0 Å². The molecule has 0 aliphatic heterocycles. The van der Waals surface area contributed by atoms with Gasteiger partial charge in [0, 0.05) is 32.9 Å². The van der Waals surface area contributed by atoms with Gasteiger partial charge in [0.05, 0.1) is 33.4 Å². The lowest BCUT2D eigenvalue weighted by atomic mass is 9.99. The number of aryl methyl sites for hydroxylation is 2. The Kier molecular flexibility index (Phi) is 5.29. The van der Waals surface area contributed by atoms with Gasteiger partial charge in [-0.15, -0.1) is 0 Å². The molecule has 0 N–H and O–H groups in total. The van der Waals surface area contributed by atoms with Crippen LogP contribution in [0, 0.1) is 25.2 Å². The van der Waals surface area contributed by atoms with Crippen molar-refractivity contribution in [2.45, 2.75) is 13.8 Å². The lowest BCUT2D eigenvalue weighted by Gasteiger charge is -2.18. The molecule has 0 fully saturated rings. The first-order valence-corrected chi connectivity index (χ1v) is 14.1. The lowest BCUT2D eigenvalue weighted by Crippen LogP contribution is -2.05. The molecule has 3 heterocycles. The van der Waals surface area contributed by atoms with Crippen LogP contribution in [0.3, 0.4) is 0 Å². The third-order valence-corrected chi connectivity index (χ3v) is 8.27. The summed E-state index contributed by atoms with van der Waals surface area (Å²) in [7, 11) is 0. The highest BCUT2D eigenvalue weighted by Crippen LogP contribution is 2.40. The van der Waals surface area contributed by atoms with Crippen LogP contribution < -0.4 is 0 Å². The Morgan fingerprint density at radius 1 is 0.500 bits per heavy atom. The van der Waals surface area contributed by atoms with Crippen molar-refractivity contribution >= 4 is 43.6 Å². The standard InChI is InChI=1S/C38H26N4/c1-24-19-26(20-25(2)40-24)27-21-37(41-33-15-7-3-11-28(33)29-12-4-8-16-34(29)41)32(23-39)38(22-27)42-35-17-9-5-13-30(35)31-14-6-10-18-36(31)42/h3-22H,1-2H3. The number of hydrogen-bond acceptors (Lipinski definition) is 2. The number of nitrogens with zero attached hydrogens (tertiary/aromatic N) is 4. The highest BCUT2D eigenvalue weighted by molar-refractivity contribution is 6.11. The second-order valence-electron chi connectivity index (χ2n) is 10.9. The van der Waals surface area contributed by atoms with Gasteiger partial charge in [-0.2, -0.15) is 5.26 Å². The Bertz CT molecular complexity index is 2140. The Balaban J connectivity index is 1.58. The lowest BCUT2D eigenvalue weighted by molar-refractivity contribution is 1.11. The Hall–Kier alpha value is -5.66. The van der Waals surface area contributed by atoms with E-state index in [0.29, 0.717) is 5.56 Å². The summed E-state index contributed by atoms with van der Waals surface area (Å²) < 4.78 is 4.51. The maximum absolute atomic E-state index is 10.9. The summed E-state index contributed by atoms with van der Waals surface area (Å²) in [5.74, 6) is 0. The van der Waals surface area contributed by atoms with E-state index in [4.69, 9.17) is 0 Å². The molecule has 0 saturated heterocycles. The van der Waals surface area contributed by atoms with Crippen molar-refractivity contribution in [3.8, 4) is 28.6 Å². The maximum Gasteiger partial charge on any atom is 0.104 e. The molecule has 4 nitrogen and oxygen atoms in total. The summed E-state index contributed by atoms with van der Waals surface area (Å²) in [5.41, 5.74) is 10.7. The van der Waals surface area contributed by atoms with Crippen LogP contribution in [-0.2, 0) is 0 Å². The summed E-state index contributed by atoms with van der Waals surface area (Å²) in [6.45, 7) is 4.06. The molecule has 0 aliphatic carbocycles. The molecule has 0 radical (unpaired) electrons. The molecule has 0 bridgehead atoms. The van der Waals surface area contributed by atoms with Gasteiger partial charge < -0.3 is 9.13 Å². The van der Waals surface area contributed by atoms with E-state index in [1.165, 1.54) is 0 Å². The van der Waals surface area contributed by atoms with E-state index >= 15 is 0 Å². The maximum atomic E-state index is 10.9. The van der Waals surface area contributed by atoms with Crippen LogP contribution in [0.5, 0.6) is 0 Å². The molecule has 5 aromatic carbocycles. The zero-order chi connectivity index (χ0) is 28.4. The minimum Gasteiger partial charge on any atom is -0.308 e. The van der Waals surface area contributed by atoms with Crippen molar-refractivity contribution < 1.29 is 0 Å². The van der Waals surface area contributed by atoms with Crippen LogP contribution in [0.15, 0.2) is 121 Å². The number of pyridine rings is 1. The molecule has 4 heteroatoms. The van der Waals surface area contributed by atoms with Crippen molar-refractivity contribution in [3.63, 3.8) is 0 Å². The van der Waals surface area contributed by atoms with Gasteiger partial charge in [-0.25, -0.2) is 0 Å². The summed E-state index contributed by atoms with van der Waals surface area (Å²) in [6, 6.07) is 45.0. The van der Waals surface area contributed by atoms with Gasteiger partial charge in [0.25, 0.3) is 0 Å². The number of aromatic nitrogens is 3. The number of rotatable bonds is 3. The zero-order valence-electron chi connectivity index (χ0n) is 23.3. The van der Waals surface area contributed by atoms with Gasteiger partial charge >= 0.3 is 0 Å². The van der Waals surface area contributed by atoms with E-state index in [2.05, 4.69) is 142 Å². The SMILES string of the molecule is Cc1cc(-c2cc(-n3c4ccccc4c4ccccc43)c(C#N)c(-n3c4ccccc4c4ccccc43)c2)cc(C)n1. The van der Waals surface area contributed by atoms with Crippen molar-refractivity contribution in [2.24, 2.45) is 0 Å². The number of hydrogen-bond donors (Lipinski definition) is 0. The predicted octanol–water partition coefficient (Wildman–Crippen LogP) is 9.43. The molecule has 198 valence electrons. The fraction of sp³-hybridized carbons (Fsp3) is 0.0526. The van der Waals surface area contributed by atoms with E-state index in [1.54, 1.807) is 0 Å². The van der Waals surface area contributed by atoms with Gasteiger partial charge in [-0.05, 0) is 73.5 Å². The molecule has 0 saturated carbocycles. The van der Waals surface area contributed by atoms with E-state index < -0.39 is 0 Å². The third kappa shape index (κ3) is 3.51. The van der Waals surface area contributed by atoms with Crippen molar-refractivity contribution in [2.75, 3.05) is 0 Å². The molecule has 0 amide bonds. The second kappa shape index (κ2) is 9.19. The molecule has 0 spiro atoms. The molecular formula is C38H26N4. The first-order chi connectivity index (χ1) is 20.6. The van der Waals surface area contributed by atoms with Crippen LogP contribution in [0.1, 0.15) is 17.0 Å². The van der Waals surface area contributed by atoms with Gasteiger partial charge in [0.1, 0.15) is 11.6 Å². The number of para-hydroxylation sites is 4. The van der Waals surface area contributed by atoms with Crippen molar-refractivity contribution in [1.82, 2.24) is 14.1 Å². The number of fused-ring (bicyclic) bond motifs is 6. The van der Waals surface area contributed by atoms with E-state index in [1.807, 2.05) is 13.8 Å². The van der Waals surface area contributed by atoms with Crippen LogP contribution in [0.4, 0.5) is 0 Å². The quantitative estimate of drug-likeness (QED) is 0.225. The van der Waals surface area contributed by atoms with Crippen molar-refractivity contribution in [3.05, 3.63) is 138 Å². The number of benzene rings is 5. The Morgan fingerprint density at radius 2 is 0.833 bits per heavy atom. The van der Waals surface area contributed by atoms with E-state index in [0.717, 1.165) is 77.5 Å². The van der Waals surface area contributed by atoms with Gasteiger partial charge in [-0.1, -0.05) is 72.8 Å². The topological polar surface area (TPSA) is 46.5 Å². The first-order valence-electron chi connectivity index (χ1n) is 14.1. The van der Waals surface area contributed by atoms with Gasteiger partial charge in [-0.3, -0.25) is 4.98 Å².